The fourth-order valence-electron chi connectivity index (χ4n) is 2.01. The molecule has 0 bridgehead atoms. The predicted molar refractivity (Wildman–Crippen MR) is 76.9 cm³/mol. The number of pyridine rings is 1. The minimum absolute atomic E-state index is 0.476. The maximum absolute atomic E-state index is 6.14. The van der Waals surface area contributed by atoms with E-state index < -0.39 is 5.54 Å². The van der Waals surface area contributed by atoms with Crippen LogP contribution in [0, 0.1) is 0 Å². The Kier molecular flexibility index (Phi) is 2.99. The first-order valence-corrected chi connectivity index (χ1v) is 6.59. The summed E-state index contributed by atoms with van der Waals surface area (Å²) in [7, 11) is 0. The van der Waals surface area contributed by atoms with E-state index in [1.807, 2.05) is 44.2 Å². The number of para-hydroxylation sites is 1. The number of nitrogens with two attached hydrogens (primary N) is 1. The highest BCUT2D eigenvalue weighted by molar-refractivity contribution is 5.91. The molecule has 0 saturated heterocycles. The van der Waals surface area contributed by atoms with E-state index in [-0.39, 0.29) is 0 Å². The maximum atomic E-state index is 6.14. The van der Waals surface area contributed by atoms with Gasteiger partial charge in [-0.25, -0.2) is 0 Å². The largest absolute Gasteiger partial charge is 0.334 e. The first-order valence-electron chi connectivity index (χ1n) is 6.59. The van der Waals surface area contributed by atoms with Crippen LogP contribution in [0.2, 0.25) is 0 Å². The first kappa shape index (κ1) is 12.7. The lowest BCUT2D eigenvalue weighted by molar-refractivity contribution is 0.379. The van der Waals surface area contributed by atoms with Gasteiger partial charge in [0.1, 0.15) is 0 Å². The quantitative estimate of drug-likeness (QED) is 0.790. The zero-order valence-electron chi connectivity index (χ0n) is 11.5. The van der Waals surface area contributed by atoms with Gasteiger partial charge in [0.05, 0.1) is 16.6 Å². The van der Waals surface area contributed by atoms with Crippen molar-refractivity contribution in [3.8, 4) is 11.5 Å². The standard InChI is InChI=1S/C15H16N4O/c1-3-15(2,16)14-18-13(20-19-14)11-8-9-17-12-7-5-4-6-10(11)12/h4-9H,3,16H2,1-2H3. The molecule has 0 radical (unpaired) electrons. The second-order valence-electron chi connectivity index (χ2n) is 5.07. The fraction of sp³-hybridized carbons (Fsp3) is 0.267. The summed E-state index contributed by atoms with van der Waals surface area (Å²) in [4.78, 5) is 8.77. The van der Waals surface area contributed by atoms with E-state index >= 15 is 0 Å². The van der Waals surface area contributed by atoms with E-state index in [2.05, 4.69) is 15.1 Å². The molecule has 1 atom stereocenters. The van der Waals surface area contributed by atoms with Gasteiger partial charge in [-0.3, -0.25) is 4.98 Å². The van der Waals surface area contributed by atoms with Crippen LogP contribution in [-0.4, -0.2) is 15.1 Å². The average Bonchev–Trinajstić information content (AvgIpc) is 2.97. The average molecular weight is 268 g/mol. The van der Waals surface area contributed by atoms with E-state index in [9.17, 15) is 0 Å². The summed E-state index contributed by atoms with van der Waals surface area (Å²) >= 11 is 0. The van der Waals surface area contributed by atoms with Crippen LogP contribution in [0.1, 0.15) is 26.1 Å². The number of aromatic nitrogens is 3. The number of hydrogen-bond donors (Lipinski definition) is 1. The molecule has 0 saturated carbocycles. The molecule has 5 heteroatoms. The van der Waals surface area contributed by atoms with Crippen LogP contribution in [0.4, 0.5) is 0 Å². The minimum atomic E-state index is -0.579. The van der Waals surface area contributed by atoms with Crippen molar-refractivity contribution >= 4 is 10.9 Å². The molecule has 1 aromatic carbocycles. The van der Waals surface area contributed by atoms with Gasteiger partial charge in [0.25, 0.3) is 5.89 Å². The van der Waals surface area contributed by atoms with Crippen LogP contribution in [0.15, 0.2) is 41.1 Å². The lowest BCUT2D eigenvalue weighted by Gasteiger charge is -2.16. The van der Waals surface area contributed by atoms with Crippen molar-refractivity contribution in [1.82, 2.24) is 15.1 Å². The zero-order chi connectivity index (χ0) is 14.2. The normalized spacial score (nSPS) is 14.3. The lowest BCUT2D eigenvalue weighted by atomic mass is 10.00. The van der Waals surface area contributed by atoms with E-state index in [1.54, 1.807) is 6.20 Å². The molecule has 0 aliphatic rings. The second kappa shape index (κ2) is 4.68. The molecule has 0 aliphatic heterocycles. The first-order chi connectivity index (χ1) is 9.62. The second-order valence-corrected chi connectivity index (χ2v) is 5.07. The molecule has 0 amide bonds. The highest BCUT2D eigenvalue weighted by Gasteiger charge is 2.26. The molecule has 3 rings (SSSR count). The van der Waals surface area contributed by atoms with Crippen molar-refractivity contribution in [3.63, 3.8) is 0 Å². The molecule has 2 N–H and O–H groups in total. The number of benzene rings is 1. The van der Waals surface area contributed by atoms with Crippen LogP contribution in [0.3, 0.4) is 0 Å². The van der Waals surface area contributed by atoms with Gasteiger partial charge in [-0.15, -0.1) is 0 Å². The van der Waals surface area contributed by atoms with Gasteiger partial charge in [0, 0.05) is 11.6 Å². The summed E-state index contributed by atoms with van der Waals surface area (Å²) in [5, 5.41) is 5.00. The van der Waals surface area contributed by atoms with E-state index in [4.69, 9.17) is 10.3 Å². The topological polar surface area (TPSA) is 77.8 Å². The summed E-state index contributed by atoms with van der Waals surface area (Å²) in [6.45, 7) is 3.89. The van der Waals surface area contributed by atoms with Crippen molar-refractivity contribution in [2.24, 2.45) is 5.73 Å². The van der Waals surface area contributed by atoms with Crippen LogP contribution in [-0.2, 0) is 5.54 Å². The van der Waals surface area contributed by atoms with Crippen molar-refractivity contribution in [3.05, 3.63) is 42.4 Å². The number of hydrogen-bond acceptors (Lipinski definition) is 5. The van der Waals surface area contributed by atoms with Gasteiger partial charge in [0.2, 0.25) is 0 Å². The summed E-state index contributed by atoms with van der Waals surface area (Å²) in [5.41, 5.74) is 7.34. The van der Waals surface area contributed by atoms with Crippen LogP contribution >= 0.6 is 0 Å². The molecule has 102 valence electrons. The molecule has 3 aromatic rings. The van der Waals surface area contributed by atoms with Crippen LogP contribution in [0.25, 0.3) is 22.4 Å². The molecule has 0 aliphatic carbocycles. The third kappa shape index (κ3) is 2.06. The Morgan fingerprint density at radius 3 is 2.85 bits per heavy atom. The Morgan fingerprint density at radius 2 is 2.05 bits per heavy atom. The Balaban J connectivity index is 2.13. The highest BCUT2D eigenvalue weighted by atomic mass is 16.5. The maximum Gasteiger partial charge on any atom is 0.258 e. The third-order valence-electron chi connectivity index (χ3n) is 3.55. The van der Waals surface area contributed by atoms with Crippen molar-refractivity contribution < 1.29 is 4.52 Å². The monoisotopic (exact) mass is 268 g/mol. The molecule has 0 spiro atoms. The number of fused-ring (bicyclic) bond motifs is 1. The Labute approximate surface area is 116 Å². The Hall–Kier alpha value is -2.27. The van der Waals surface area contributed by atoms with Gasteiger partial charge >= 0.3 is 0 Å². The molecule has 20 heavy (non-hydrogen) atoms. The fourth-order valence-corrected chi connectivity index (χ4v) is 2.01. The summed E-state index contributed by atoms with van der Waals surface area (Å²) < 4.78 is 5.38. The predicted octanol–water partition coefficient (Wildman–Crippen LogP) is 2.87. The van der Waals surface area contributed by atoms with E-state index in [0.29, 0.717) is 11.7 Å². The minimum Gasteiger partial charge on any atom is -0.334 e. The van der Waals surface area contributed by atoms with Crippen molar-refractivity contribution in [1.29, 1.82) is 0 Å². The van der Waals surface area contributed by atoms with Gasteiger partial charge in [-0.2, -0.15) is 4.98 Å². The number of nitrogens with zero attached hydrogens (tertiary/aromatic N) is 3. The van der Waals surface area contributed by atoms with Crippen LogP contribution in [0.5, 0.6) is 0 Å². The molecule has 0 fully saturated rings. The van der Waals surface area contributed by atoms with Gasteiger partial charge in [-0.05, 0) is 25.5 Å². The SMILES string of the molecule is CCC(C)(N)c1noc(-c2ccnc3ccccc23)n1. The zero-order valence-corrected chi connectivity index (χ0v) is 11.5. The molecule has 2 aromatic heterocycles. The summed E-state index contributed by atoms with van der Waals surface area (Å²) in [5.74, 6) is 1.000. The lowest BCUT2D eigenvalue weighted by Crippen LogP contribution is -2.33. The number of rotatable bonds is 3. The van der Waals surface area contributed by atoms with Crippen molar-refractivity contribution in [2.75, 3.05) is 0 Å². The van der Waals surface area contributed by atoms with Gasteiger partial charge in [0.15, 0.2) is 5.82 Å². The van der Waals surface area contributed by atoms with Gasteiger partial charge in [-0.1, -0.05) is 30.3 Å². The summed E-state index contributed by atoms with van der Waals surface area (Å²) in [6.07, 6.45) is 2.48. The summed E-state index contributed by atoms with van der Waals surface area (Å²) in [6, 6.07) is 9.73. The smallest absolute Gasteiger partial charge is 0.258 e. The third-order valence-corrected chi connectivity index (χ3v) is 3.55. The van der Waals surface area contributed by atoms with Crippen molar-refractivity contribution in [2.45, 2.75) is 25.8 Å². The molecule has 5 nitrogen and oxygen atoms in total. The van der Waals surface area contributed by atoms with E-state index in [1.165, 1.54) is 0 Å². The van der Waals surface area contributed by atoms with Gasteiger partial charge < -0.3 is 10.3 Å². The molecule has 2 heterocycles. The molecular weight excluding hydrogens is 252 g/mol. The Morgan fingerprint density at radius 1 is 1.25 bits per heavy atom. The molecular formula is C15H16N4O. The Bertz CT molecular complexity index is 743. The van der Waals surface area contributed by atoms with E-state index in [0.717, 1.165) is 22.9 Å². The highest BCUT2D eigenvalue weighted by Crippen LogP contribution is 2.28. The van der Waals surface area contributed by atoms with Crippen LogP contribution < -0.4 is 5.73 Å². The molecule has 1 unspecified atom stereocenters.